The molecule has 1 heterocycles. The van der Waals surface area contributed by atoms with Crippen LogP contribution in [0.5, 0.6) is 0 Å². The van der Waals surface area contributed by atoms with Crippen molar-refractivity contribution in [1.82, 2.24) is 9.78 Å². The topological polar surface area (TPSA) is 72.9 Å². The van der Waals surface area contributed by atoms with E-state index in [0.717, 1.165) is 18.5 Å². The van der Waals surface area contributed by atoms with Crippen molar-refractivity contribution < 1.29 is 4.79 Å². The van der Waals surface area contributed by atoms with Crippen LogP contribution in [0.15, 0.2) is 0 Å². The van der Waals surface area contributed by atoms with Crippen LogP contribution in [0.1, 0.15) is 51.1 Å². The Morgan fingerprint density at radius 1 is 1.33 bits per heavy atom. The molecule has 0 saturated carbocycles. The lowest BCUT2D eigenvalue weighted by molar-refractivity contribution is -0.116. The highest BCUT2D eigenvalue weighted by Gasteiger charge is 2.12. The number of aromatic nitrogens is 2. The van der Waals surface area contributed by atoms with Crippen LogP contribution >= 0.6 is 0 Å². The van der Waals surface area contributed by atoms with E-state index >= 15 is 0 Å². The molecule has 0 aromatic carbocycles. The Balaban J connectivity index is 2.36. The molecule has 0 fully saturated rings. The molecule has 0 spiro atoms. The van der Waals surface area contributed by atoms with Gasteiger partial charge in [-0.3, -0.25) is 9.48 Å². The second kappa shape index (κ2) is 7.03. The summed E-state index contributed by atoms with van der Waals surface area (Å²) >= 11 is 0. The molecule has 0 aliphatic carbocycles. The van der Waals surface area contributed by atoms with E-state index in [-0.39, 0.29) is 5.91 Å². The minimum absolute atomic E-state index is 0.0150. The predicted molar refractivity (Wildman–Crippen MR) is 74.4 cm³/mol. The summed E-state index contributed by atoms with van der Waals surface area (Å²) in [4.78, 5) is 11.8. The van der Waals surface area contributed by atoms with E-state index in [9.17, 15) is 4.79 Å². The highest BCUT2D eigenvalue weighted by Crippen LogP contribution is 2.21. The summed E-state index contributed by atoms with van der Waals surface area (Å²) in [5.74, 6) is 0.618. The lowest BCUT2D eigenvalue weighted by Gasteiger charge is -2.06. The van der Waals surface area contributed by atoms with Crippen LogP contribution in [0.2, 0.25) is 0 Å². The summed E-state index contributed by atoms with van der Waals surface area (Å²) in [5.41, 5.74) is 7.15. The molecule has 5 nitrogen and oxygen atoms in total. The first-order chi connectivity index (χ1) is 8.56. The van der Waals surface area contributed by atoms with Gasteiger partial charge < -0.3 is 11.1 Å². The maximum Gasteiger partial charge on any atom is 0.225 e. The van der Waals surface area contributed by atoms with Crippen molar-refractivity contribution in [2.24, 2.45) is 7.05 Å². The Labute approximate surface area is 109 Å². The molecule has 0 saturated heterocycles. The van der Waals surface area contributed by atoms with E-state index in [2.05, 4.69) is 17.3 Å². The van der Waals surface area contributed by atoms with E-state index < -0.39 is 0 Å². The van der Waals surface area contributed by atoms with Crippen LogP contribution in [-0.2, 0) is 11.8 Å². The van der Waals surface area contributed by atoms with Gasteiger partial charge in [0.15, 0.2) is 5.82 Å². The molecule has 1 rings (SSSR count). The summed E-state index contributed by atoms with van der Waals surface area (Å²) in [6.07, 6.45) is 6.26. The standard InChI is InChI=1S/C13H24N4O/c1-4-5-6-7-8-9-11(18)15-13-12(14)10(2)16-17(13)3/h4-9,14H2,1-3H3,(H,15,18). The van der Waals surface area contributed by atoms with Gasteiger partial charge in [-0.05, 0) is 13.3 Å². The van der Waals surface area contributed by atoms with Crippen molar-refractivity contribution in [3.63, 3.8) is 0 Å². The number of amides is 1. The second-order valence-corrected chi connectivity index (χ2v) is 4.68. The summed E-state index contributed by atoms with van der Waals surface area (Å²) in [6.45, 7) is 4.01. The van der Waals surface area contributed by atoms with Crippen molar-refractivity contribution in [2.75, 3.05) is 11.1 Å². The lowest BCUT2D eigenvalue weighted by Crippen LogP contribution is -2.15. The largest absolute Gasteiger partial charge is 0.394 e. The first-order valence-corrected chi connectivity index (χ1v) is 6.65. The number of carbonyl (C=O) groups excluding carboxylic acids is 1. The van der Waals surface area contributed by atoms with Gasteiger partial charge in [0.2, 0.25) is 5.91 Å². The number of rotatable bonds is 7. The van der Waals surface area contributed by atoms with Crippen molar-refractivity contribution in [1.29, 1.82) is 0 Å². The van der Waals surface area contributed by atoms with E-state index in [1.165, 1.54) is 19.3 Å². The SMILES string of the molecule is CCCCCCCC(=O)Nc1c(N)c(C)nn1C. The van der Waals surface area contributed by atoms with Crippen molar-refractivity contribution in [2.45, 2.75) is 52.4 Å². The maximum atomic E-state index is 11.8. The van der Waals surface area contributed by atoms with Gasteiger partial charge in [0.1, 0.15) is 0 Å². The van der Waals surface area contributed by atoms with Gasteiger partial charge in [0.05, 0.1) is 11.4 Å². The van der Waals surface area contributed by atoms with Gasteiger partial charge in [-0.2, -0.15) is 5.10 Å². The third-order valence-electron chi connectivity index (χ3n) is 3.03. The van der Waals surface area contributed by atoms with Gasteiger partial charge in [0, 0.05) is 13.5 Å². The molecule has 0 radical (unpaired) electrons. The highest BCUT2D eigenvalue weighted by molar-refractivity contribution is 5.92. The van der Waals surface area contributed by atoms with Gasteiger partial charge in [0.25, 0.3) is 0 Å². The number of nitrogens with two attached hydrogens (primary N) is 1. The molecule has 0 aliphatic rings. The van der Waals surface area contributed by atoms with Crippen LogP contribution < -0.4 is 11.1 Å². The lowest BCUT2D eigenvalue weighted by atomic mass is 10.1. The molecule has 0 aliphatic heterocycles. The first kappa shape index (κ1) is 14.5. The molecular weight excluding hydrogens is 228 g/mol. The fourth-order valence-electron chi connectivity index (χ4n) is 1.91. The van der Waals surface area contributed by atoms with E-state index in [1.807, 2.05) is 6.92 Å². The normalized spacial score (nSPS) is 10.6. The Kier molecular flexibility index (Phi) is 5.68. The van der Waals surface area contributed by atoms with Gasteiger partial charge in [-0.1, -0.05) is 32.6 Å². The quantitative estimate of drug-likeness (QED) is 0.733. The summed E-state index contributed by atoms with van der Waals surface area (Å²) in [7, 11) is 1.78. The number of carbonyl (C=O) groups is 1. The molecule has 1 amide bonds. The summed E-state index contributed by atoms with van der Waals surface area (Å²) in [5, 5.41) is 6.99. The van der Waals surface area contributed by atoms with Crippen LogP contribution in [-0.4, -0.2) is 15.7 Å². The minimum atomic E-state index is 0.0150. The number of unbranched alkanes of at least 4 members (excludes halogenated alkanes) is 4. The molecule has 0 atom stereocenters. The first-order valence-electron chi connectivity index (χ1n) is 6.65. The number of hydrogen-bond donors (Lipinski definition) is 2. The summed E-state index contributed by atoms with van der Waals surface area (Å²) < 4.78 is 1.61. The predicted octanol–water partition coefficient (Wildman–Crippen LogP) is 2.61. The van der Waals surface area contributed by atoms with Gasteiger partial charge in [-0.25, -0.2) is 0 Å². The molecule has 0 bridgehead atoms. The van der Waals surface area contributed by atoms with Crippen LogP contribution in [0.3, 0.4) is 0 Å². The third kappa shape index (κ3) is 4.05. The molecule has 3 N–H and O–H groups in total. The zero-order chi connectivity index (χ0) is 13.5. The number of hydrogen-bond acceptors (Lipinski definition) is 3. The molecule has 1 aromatic rings. The molecule has 18 heavy (non-hydrogen) atoms. The van der Waals surface area contributed by atoms with E-state index in [0.29, 0.717) is 17.9 Å². The zero-order valence-corrected chi connectivity index (χ0v) is 11.6. The van der Waals surface area contributed by atoms with E-state index in [4.69, 9.17) is 5.73 Å². The molecule has 1 aromatic heterocycles. The van der Waals surface area contributed by atoms with Gasteiger partial charge >= 0.3 is 0 Å². The third-order valence-corrected chi connectivity index (χ3v) is 3.03. The molecule has 102 valence electrons. The Morgan fingerprint density at radius 3 is 2.56 bits per heavy atom. The molecular formula is C13H24N4O. The molecule has 0 unspecified atom stereocenters. The summed E-state index contributed by atoms with van der Waals surface area (Å²) in [6, 6.07) is 0. The minimum Gasteiger partial charge on any atom is -0.394 e. The van der Waals surface area contributed by atoms with Gasteiger partial charge in [-0.15, -0.1) is 0 Å². The fraction of sp³-hybridized carbons (Fsp3) is 0.692. The maximum absolute atomic E-state index is 11.8. The molecule has 5 heteroatoms. The highest BCUT2D eigenvalue weighted by atomic mass is 16.1. The van der Waals surface area contributed by atoms with Crippen molar-refractivity contribution >= 4 is 17.4 Å². The van der Waals surface area contributed by atoms with Crippen molar-refractivity contribution in [3.05, 3.63) is 5.69 Å². The Hall–Kier alpha value is -1.52. The number of nitrogens with one attached hydrogen (secondary N) is 1. The monoisotopic (exact) mass is 252 g/mol. The number of nitrogen functional groups attached to an aromatic ring is 1. The average Bonchev–Trinajstić information content (AvgIpc) is 2.56. The Morgan fingerprint density at radius 2 is 2.00 bits per heavy atom. The smallest absolute Gasteiger partial charge is 0.225 e. The van der Waals surface area contributed by atoms with Crippen LogP contribution in [0.25, 0.3) is 0 Å². The number of anilines is 2. The van der Waals surface area contributed by atoms with Crippen LogP contribution in [0, 0.1) is 6.92 Å². The zero-order valence-electron chi connectivity index (χ0n) is 11.6. The second-order valence-electron chi connectivity index (χ2n) is 4.68. The number of nitrogens with zero attached hydrogens (tertiary/aromatic N) is 2. The Bertz CT molecular complexity index is 398. The van der Waals surface area contributed by atoms with Crippen molar-refractivity contribution in [3.8, 4) is 0 Å². The van der Waals surface area contributed by atoms with E-state index in [1.54, 1.807) is 11.7 Å². The average molecular weight is 252 g/mol. The van der Waals surface area contributed by atoms with Crippen LogP contribution in [0.4, 0.5) is 11.5 Å². The number of aryl methyl sites for hydroxylation is 2. The fourth-order valence-corrected chi connectivity index (χ4v) is 1.91.